The average Bonchev–Trinajstić information content (AvgIpc) is 3.27. The number of nitrogens with zero attached hydrogens (tertiary/aromatic N) is 5. The lowest BCUT2D eigenvalue weighted by Crippen LogP contribution is -2.42. The number of ether oxygens (including phenoxy) is 1. The van der Waals surface area contributed by atoms with Crippen molar-refractivity contribution in [2.24, 2.45) is 0 Å². The van der Waals surface area contributed by atoms with Crippen molar-refractivity contribution in [1.29, 1.82) is 0 Å². The van der Waals surface area contributed by atoms with Gasteiger partial charge in [-0.3, -0.25) is 4.90 Å². The first kappa shape index (κ1) is 16.5. The molecule has 0 aromatic carbocycles. The highest BCUT2D eigenvalue weighted by Crippen LogP contribution is 2.25. The molecule has 0 aliphatic carbocycles. The molecule has 2 aromatic rings. The fourth-order valence-electron chi connectivity index (χ4n) is 3.65. The minimum absolute atomic E-state index is 0.128. The smallest absolute Gasteiger partial charge is 0.257 e. The summed E-state index contributed by atoms with van der Waals surface area (Å²) >= 11 is 0. The monoisotopic (exact) mass is 343 g/mol. The Morgan fingerprint density at radius 3 is 2.72 bits per heavy atom. The Kier molecular flexibility index (Phi) is 4.67. The zero-order valence-corrected chi connectivity index (χ0v) is 14.9. The Balaban J connectivity index is 1.40. The van der Waals surface area contributed by atoms with Gasteiger partial charge in [0.1, 0.15) is 11.9 Å². The molecule has 2 aromatic heterocycles. The number of anilines is 1. The van der Waals surface area contributed by atoms with Crippen LogP contribution in [0.15, 0.2) is 22.9 Å². The fourth-order valence-corrected chi connectivity index (χ4v) is 3.65. The molecule has 4 heterocycles. The zero-order chi connectivity index (χ0) is 17.2. The van der Waals surface area contributed by atoms with E-state index >= 15 is 0 Å². The molecule has 2 atom stereocenters. The molecular formula is C18H25N5O2. The molecule has 4 rings (SSSR count). The Bertz CT molecular complexity index is 696. The summed E-state index contributed by atoms with van der Waals surface area (Å²) in [6.45, 7) is 8.64. The highest BCUT2D eigenvalue weighted by Gasteiger charge is 2.30. The SMILES string of the molecule is Cc1noc([C@H]2CN(Cc3ccc(N4CCCC4)nc3)C[C@@H](C)O2)n1. The maximum atomic E-state index is 5.98. The Morgan fingerprint density at radius 2 is 2.04 bits per heavy atom. The molecule has 134 valence electrons. The third kappa shape index (κ3) is 3.82. The summed E-state index contributed by atoms with van der Waals surface area (Å²) in [5, 5.41) is 3.87. The van der Waals surface area contributed by atoms with Gasteiger partial charge in [0, 0.05) is 38.9 Å². The third-order valence-corrected chi connectivity index (χ3v) is 4.80. The van der Waals surface area contributed by atoms with E-state index in [0.717, 1.165) is 38.5 Å². The van der Waals surface area contributed by atoms with Gasteiger partial charge >= 0.3 is 0 Å². The molecule has 0 amide bonds. The van der Waals surface area contributed by atoms with Crippen LogP contribution in [0.5, 0.6) is 0 Å². The number of morpholine rings is 1. The van der Waals surface area contributed by atoms with E-state index in [1.807, 2.05) is 13.1 Å². The molecule has 25 heavy (non-hydrogen) atoms. The summed E-state index contributed by atoms with van der Waals surface area (Å²) < 4.78 is 11.3. The molecule has 0 N–H and O–H groups in total. The molecule has 2 aliphatic rings. The summed E-state index contributed by atoms with van der Waals surface area (Å²) in [4.78, 5) is 13.7. The van der Waals surface area contributed by atoms with Crippen molar-refractivity contribution in [2.45, 2.75) is 45.4 Å². The summed E-state index contributed by atoms with van der Waals surface area (Å²) in [5.41, 5.74) is 1.22. The van der Waals surface area contributed by atoms with E-state index in [9.17, 15) is 0 Å². The van der Waals surface area contributed by atoms with Crippen LogP contribution < -0.4 is 4.90 Å². The second-order valence-electron chi connectivity index (χ2n) is 7.03. The number of aromatic nitrogens is 3. The molecule has 2 fully saturated rings. The number of hydrogen-bond acceptors (Lipinski definition) is 7. The third-order valence-electron chi connectivity index (χ3n) is 4.80. The topological polar surface area (TPSA) is 67.5 Å². The van der Waals surface area contributed by atoms with Gasteiger partial charge in [-0.2, -0.15) is 4.98 Å². The van der Waals surface area contributed by atoms with Crippen molar-refractivity contribution in [2.75, 3.05) is 31.1 Å². The first-order valence-corrected chi connectivity index (χ1v) is 9.05. The Morgan fingerprint density at radius 1 is 1.20 bits per heavy atom. The molecule has 7 heteroatoms. The number of pyridine rings is 1. The lowest BCUT2D eigenvalue weighted by Gasteiger charge is -2.35. The van der Waals surface area contributed by atoms with Crippen molar-refractivity contribution in [3.05, 3.63) is 35.6 Å². The normalized spacial score (nSPS) is 24.8. The van der Waals surface area contributed by atoms with Crippen LogP contribution in [0, 0.1) is 6.92 Å². The lowest BCUT2D eigenvalue weighted by atomic mass is 10.2. The van der Waals surface area contributed by atoms with Gasteiger partial charge in [-0.25, -0.2) is 4.98 Å². The summed E-state index contributed by atoms with van der Waals surface area (Å²) in [6.07, 6.45) is 4.50. The minimum atomic E-state index is -0.165. The summed E-state index contributed by atoms with van der Waals surface area (Å²) in [6, 6.07) is 4.33. The van der Waals surface area contributed by atoms with E-state index in [4.69, 9.17) is 9.26 Å². The molecule has 0 saturated carbocycles. The molecular weight excluding hydrogens is 318 g/mol. The van der Waals surface area contributed by atoms with Gasteiger partial charge in [0.15, 0.2) is 5.82 Å². The molecule has 0 bridgehead atoms. The number of hydrogen-bond donors (Lipinski definition) is 0. The van der Waals surface area contributed by atoms with Crippen LogP contribution >= 0.6 is 0 Å². The van der Waals surface area contributed by atoms with Gasteiger partial charge in [-0.05, 0) is 38.3 Å². The van der Waals surface area contributed by atoms with E-state index in [1.165, 1.54) is 18.4 Å². The van der Waals surface area contributed by atoms with Gasteiger partial charge < -0.3 is 14.2 Å². The van der Waals surface area contributed by atoms with Gasteiger partial charge in [-0.1, -0.05) is 11.2 Å². The summed E-state index contributed by atoms with van der Waals surface area (Å²) in [7, 11) is 0. The molecule has 0 unspecified atom stereocenters. The summed E-state index contributed by atoms with van der Waals surface area (Å²) in [5.74, 6) is 2.30. The van der Waals surface area contributed by atoms with Crippen molar-refractivity contribution in [1.82, 2.24) is 20.0 Å². The highest BCUT2D eigenvalue weighted by atomic mass is 16.5. The highest BCUT2D eigenvalue weighted by molar-refractivity contribution is 5.40. The molecule has 2 saturated heterocycles. The number of aryl methyl sites for hydroxylation is 1. The van der Waals surface area contributed by atoms with E-state index in [-0.39, 0.29) is 12.2 Å². The maximum Gasteiger partial charge on any atom is 0.257 e. The van der Waals surface area contributed by atoms with Crippen LogP contribution in [0.3, 0.4) is 0 Å². The van der Waals surface area contributed by atoms with Crippen molar-refractivity contribution >= 4 is 5.82 Å². The predicted octanol–water partition coefficient (Wildman–Crippen LogP) is 2.34. The van der Waals surface area contributed by atoms with Crippen LogP contribution in [0.1, 0.15) is 43.1 Å². The quantitative estimate of drug-likeness (QED) is 0.844. The first-order valence-electron chi connectivity index (χ1n) is 9.05. The molecule has 0 spiro atoms. The second kappa shape index (κ2) is 7.09. The van der Waals surface area contributed by atoms with Crippen LogP contribution in [0.25, 0.3) is 0 Å². The van der Waals surface area contributed by atoms with Crippen LogP contribution in [0.4, 0.5) is 5.82 Å². The van der Waals surface area contributed by atoms with E-state index < -0.39 is 0 Å². The number of rotatable bonds is 4. The predicted molar refractivity (Wildman–Crippen MR) is 93.3 cm³/mol. The van der Waals surface area contributed by atoms with Crippen molar-refractivity contribution in [3.63, 3.8) is 0 Å². The maximum absolute atomic E-state index is 5.98. The zero-order valence-electron chi connectivity index (χ0n) is 14.9. The van der Waals surface area contributed by atoms with Crippen LogP contribution in [-0.4, -0.2) is 52.3 Å². The van der Waals surface area contributed by atoms with E-state index in [2.05, 4.69) is 44.0 Å². The van der Waals surface area contributed by atoms with Gasteiger partial charge in [0.05, 0.1) is 6.10 Å². The Hall–Kier alpha value is -1.99. The molecule has 7 nitrogen and oxygen atoms in total. The van der Waals surface area contributed by atoms with Gasteiger partial charge in [0.2, 0.25) is 0 Å². The van der Waals surface area contributed by atoms with Crippen LogP contribution in [-0.2, 0) is 11.3 Å². The van der Waals surface area contributed by atoms with Crippen molar-refractivity contribution < 1.29 is 9.26 Å². The second-order valence-corrected chi connectivity index (χ2v) is 7.03. The van der Waals surface area contributed by atoms with Crippen molar-refractivity contribution in [3.8, 4) is 0 Å². The largest absolute Gasteiger partial charge is 0.363 e. The van der Waals surface area contributed by atoms with Gasteiger partial charge in [0.25, 0.3) is 5.89 Å². The lowest BCUT2D eigenvalue weighted by molar-refractivity contribution is -0.0930. The van der Waals surface area contributed by atoms with E-state index in [0.29, 0.717) is 11.7 Å². The first-order chi connectivity index (χ1) is 12.2. The minimum Gasteiger partial charge on any atom is -0.363 e. The van der Waals surface area contributed by atoms with Crippen LogP contribution in [0.2, 0.25) is 0 Å². The molecule has 0 radical (unpaired) electrons. The Labute approximate surface area is 148 Å². The van der Waals surface area contributed by atoms with E-state index in [1.54, 1.807) is 0 Å². The molecule has 2 aliphatic heterocycles. The van der Waals surface area contributed by atoms with Gasteiger partial charge in [-0.15, -0.1) is 0 Å². The fraction of sp³-hybridized carbons (Fsp3) is 0.611. The average molecular weight is 343 g/mol. The standard InChI is InChI=1S/C18H25N5O2/c1-13-10-22(12-16(24-13)18-20-14(2)21-25-18)11-15-5-6-17(19-9-15)23-7-3-4-8-23/h5-6,9,13,16H,3-4,7-8,10-12H2,1-2H3/t13-,16-/m1/s1.